The van der Waals surface area contributed by atoms with Crippen molar-refractivity contribution in [1.29, 1.82) is 0 Å². The van der Waals surface area contributed by atoms with Crippen LogP contribution >= 0.6 is 0 Å². The lowest BCUT2D eigenvalue weighted by Crippen LogP contribution is -2.55. The molecule has 1 saturated carbocycles. The molecule has 0 radical (unpaired) electrons. The lowest BCUT2D eigenvalue weighted by molar-refractivity contribution is 0.0384. The highest BCUT2D eigenvalue weighted by molar-refractivity contribution is 5.94. The van der Waals surface area contributed by atoms with Gasteiger partial charge in [-0.3, -0.25) is 9.69 Å². The molecular formula is C21H32N2O3. The van der Waals surface area contributed by atoms with Crippen molar-refractivity contribution in [2.24, 2.45) is 0 Å². The Hall–Kier alpha value is -1.59. The van der Waals surface area contributed by atoms with Gasteiger partial charge in [0.1, 0.15) is 5.75 Å². The third-order valence-corrected chi connectivity index (χ3v) is 5.65. The Morgan fingerprint density at radius 2 is 1.88 bits per heavy atom. The van der Waals surface area contributed by atoms with Gasteiger partial charge in [-0.1, -0.05) is 6.92 Å². The number of rotatable bonds is 7. The van der Waals surface area contributed by atoms with Crippen molar-refractivity contribution >= 4 is 5.91 Å². The Morgan fingerprint density at radius 3 is 2.54 bits per heavy atom. The molecule has 1 saturated heterocycles. The van der Waals surface area contributed by atoms with Crippen molar-refractivity contribution in [3.63, 3.8) is 0 Å². The molecule has 0 N–H and O–H groups in total. The van der Waals surface area contributed by atoms with Crippen LogP contribution in [0.5, 0.6) is 5.75 Å². The van der Waals surface area contributed by atoms with E-state index in [2.05, 4.69) is 11.8 Å². The van der Waals surface area contributed by atoms with Crippen molar-refractivity contribution < 1.29 is 14.3 Å². The van der Waals surface area contributed by atoms with Crippen LogP contribution in [0.15, 0.2) is 24.3 Å². The number of hydrogen-bond acceptors (Lipinski definition) is 4. The zero-order valence-electron chi connectivity index (χ0n) is 16.2. The summed E-state index contributed by atoms with van der Waals surface area (Å²) in [6.45, 7) is 6.35. The fourth-order valence-electron chi connectivity index (χ4n) is 4.02. The van der Waals surface area contributed by atoms with E-state index in [0.29, 0.717) is 12.1 Å². The van der Waals surface area contributed by atoms with Gasteiger partial charge in [-0.05, 0) is 56.4 Å². The van der Waals surface area contributed by atoms with Gasteiger partial charge >= 0.3 is 0 Å². The summed E-state index contributed by atoms with van der Waals surface area (Å²) in [5.74, 6) is 1.01. The van der Waals surface area contributed by atoms with Gasteiger partial charge in [-0.2, -0.15) is 0 Å². The molecule has 26 heavy (non-hydrogen) atoms. The fourth-order valence-corrected chi connectivity index (χ4v) is 4.02. The summed E-state index contributed by atoms with van der Waals surface area (Å²) in [5.41, 5.74) is 0.754. The van der Waals surface area contributed by atoms with Gasteiger partial charge in [0.05, 0.1) is 12.7 Å². The highest BCUT2D eigenvalue weighted by Crippen LogP contribution is 2.24. The second kappa shape index (κ2) is 9.38. The van der Waals surface area contributed by atoms with Crippen LogP contribution in [-0.4, -0.2) is 67.7 Å². The van der Waals surface area contributed by atoms with Crippen LogP contribution in [0.4, 0.5) is 0 Å². The summed E-state index contributed by atoms with van der Waals surface area (Å²) in [5, 5.41) is 0. The third kappa shape index (κ3) is 4.77. The number of carbonyl (C=O) groups is 1. The van der Waals surface area contributed by atoms with E-state index in [1.54, 1.807) is 7.11 Å². The van der Waals surface area contributed by atoms with E-state index in [9.17, 15) is 4.79 Å². The monoisotopic (exact) mass is 360 g/mol. The summed E-state index contributed by atoms with van der Waals surface area (Å²) in [4.78, 5) is 17.3. The lowest BCUT2D eigenvalue weighted by atomic mass is 10.1. The molecule has 0 spiro atoms. The second-order valence-electron chi connectivity index (χ2n) is 7.39. The SMILES string of the molecule is CCC1CN(C(=O)c2ccc(OC3CCCC3)cc2)CCN1CCOC. The summed E-state index contributed by atoms with van der Waals surface area (Å²) < 4.78 is 11.2. The normalized spacial score (nSPS) is 21.9. The lowest BCUT2D eigenvalue weighted by Gasteiger charge is -2.41. The average Bonchev–Trinajstić information content (AvgIpc) is 3.19. The standard InChI is InChI=1S/C21H32N2O3/c1-3-18-16-23(13-12-22(18)14-15-25-2)21(24)17-8-10-20(11-9-17)26-19-6-4-5-7-19/h8-11,18-19H,3-7,12-16H2,1-2H3. The summed E-state index contributed by atoms with van der Waals surface area (Å²) >= 11 is 0. The quantitative estimate of drug-likeness (QED) is 0.749. The molecule has 0 aromatic heterocycles. The van der Waals surface area contributed by atoms with Crippen molar-refractivity contribution in [3.8, 4) is 5.75 Å². The molecule has 5 nitrogen and oxygen atoms in total. The van der Waals surface area contributed by atoms with E-state index in [1.165, 1.54) is 12.8 Å². The highest BCUT2D eigenvalue weighted by Gasteiger charge is 2.28. The van der Waals surface area contributed by atoms with E-state index >= 15 is 0 Å². The van der Waals surface area contributed by atoms with Crippen molar-refractivity contribution in [1.82, 2.24) is 9.80 Å². The first kappa shape index (κ1) is 19.2. The molecule has 1 heterocycles. The van der Waals surface area contributed by atoms with Crippen molar-refractivity contribution in [2.75, 3.05) is 39.9 Å². The highest BCUT2D eigenvalue weighted by atomic mass is 16.5. The number of amides is 1. The van der Waals surface area contributed by atoms with Crippen LogP contribution in [-0.2, 0) is 4.74 Å². The molecule has 1 aliphatic carbocycles. The first-order chi connectivity index (χ1) is 12.7. The molecule has 2 aliphatic rings. The van der Waals surface area contributed by atoms with Crippen LogP contribution in [0.3, 0.4) is 0 Å². The van der Waals surface area contributed by atoms with E-state index in [-0.39, 0.29) is 5.91 Å². The first-order valence-electron chi connectivity index (χ1n) is 10.00. The maximum Gasteiger partial charge on any atom is 0.253 e. The maximum atomic E-state index is 12.9. The van der Waals surface area contributed by atoms with Crippen LogP contribution in [0, 0.1) is 0 Å². The zero-order chi connectivity index (χ0) is 18.4. The third-order valence-electron chi connectivity index (χ3n) is 5.65. The molecule has 1 amide bonds. The minimum absolute atomic E-state index is 0.127. The summed E-state index contributed by atoms with van der Waals surface area (Å²) in [7, 11) is 1.74. The van der Waals surface area contributed by atoms with Crippen molar-refractivity contribution in [2.45, 2.75) is 51.2 Å². The Morgan fingerprint density at radius 1 is 1.15 bits per heavy atom. The van der Waals surface area contributed by atoms with Gasteiger partial charge < -0.3 is 14.4 Å². The molecule has 1 unspecified atom stereocenters. The topological polar surface area (TPSA) is 42.0 Å². The molecule has 2 fully saturated rings. The Kier molecular flexibility index (Phi) is 6.92. The van der Waals surface area contributed by atoms with Gasteiger partial charge in [0.25, 0.3) is 5.91 Å². The molecule has 1 aliphatic heterocycles. The predicted octanol–water partition coefficient (Wildman–Crippen LogP) is 3.19. The molecule has 1 aromatic rings. The number of carbonyl (C=O) groups excluding carboxylic acids is 1. The van der Waals surface area contributed by atoms with E-state index in [4.69, 9.17) is 9.47 Å². The van der Waals surface area contributed by atoms with Crippen LogP contribution < -0.4 is 4.74 Å². The van der Waals surface area contributed by atoms with Crippen LogP contribution in [0.1, 0.15) is 49.4 Å². The number of methoxy groups -OCH3 is 1. The second-order valence-corrected chi connectivity index (χ2v) is 7.39. The van der Waals surface area contributed by atoms with E-state index in [0.717, 1.165) is 63.4 Å². The molecule has 1 atom stereocenters. The Balaban J connectivity index is 1.56. The molecular weight excluding hydrogens is 328 g/mol. The van der Waals surface area contributed by atoms with Crippen LogP contribution in [0.2, 0.25) is 0 Å². The molecule has 5 heteroatoms. The Labute approximate surface area is 157 Å². The summed E-state index contributed by atoms with van der Waals surface area (Å²) in [6.07, 6.45) is 6.20. The number of benzene rings is 1. The maximum absolute atomic E-state index is 12.9. The molecule has 144 valence electrons. The van der Waals surface area contributed by atoms with E-state index in [1.807, 2.05) is 29.2 Å². The molecule has 3 rings (SSSR count). The largest absolute Gasteiger partial charge is 0.490 e. The minimum Gasteiger partial charge on any atom is -0.490 e. The average molecular weight is 360 g/mol. The first-order valence-corrected chi connectivity index (χ1v) is 10.00. The molecule has 0 bridgehead atoms. The smallest absolute Gasteiger partial charge is 0.253 e. The minimum atomic E-state index is 0.127. The van der Waals surface area contributed by atoms with Gasteiger partial charge in [0.2, 0.25) is 0 Å². The molecule has 1 aromatic carbocycles. The van der Waals surface area contributed by atoms with Gasteiger partial charge in [0.15, 0.2) is 0 Å². The Bertz CT molecular complexity index is 569. The zero-order valence-corrected chi connectivity index (χ0v) is 16.2. The van der Waals surface area contributed by atoms with Gasteiger partial charge in [0, 0.05) is 44.9 Å². The van der Waals surface area contributed by atoms with Gasteiger partial charge in [-0.15, -0.1) is 0 Å². The number of ether oxygens (including phenoxy) is 2. The number of piperazine rings is 1. The fraction of sp³-hybridized carbons (Fsp3) is 0.667. The van der Waals surface area contributed by atoms with E-state index < -0.39 is 0 Å². The van der Waals surface area contributed by atoms with Gasteiger partial charge in [-0.25, -0.2) is 0 Å². The predicted molar refractivity (Wildman–Crippen MR) is 103 cm³/mol. The van der Waals surface area contributed by atoms with Crippen LogP contribution in [0.25, 0.3) is 0 Å². The van der Waals surface area contributed by atoms with Crippen molar-refractivity contribution in [3.05, 3.63) is 29.8 Å². The summed E-state index contributed by atoms with van der Waals surface area (Å²) in [6, 6.07) is 8.11. The number of hydrogen-bond donors (Lipinski definition) is 0. The number of nitrogens with zero attached hydrogens (tertiary/aromatic N) is 2.